The first-order valence-corrected chi connectivity index (χ1v) is 8.93. The van der Waals surface area contributed by atoms with Gasteiger partial charge in [0.15, 0.2) is 0 Å². The fourth-order valence-corrected chi connectivity index (χ4v) is 3.87. The molecule has 1 aromatic carbocycles. The van der Waals surface area contributed by atoms with E-state index in [2.05, 4.69) is 10.00 Å². The number of amides is 1. The molecule has 0 aliphatic carbocycles. The van der Waals surface area contributed by atoms with Crippen LogP contribution in [0.4, 0.5) is 4.39 Å². The normalized spacial score (nSPS) is 20.7. The molecule has 0 radical (unpaired) electrons. The number of nitrogens with zero attached hydrogens (tertiary/aromatic N) is 4. The van der Waals surface area contributed by atoms with E-state index in [4.69, 9.17) is 4.74 Å². The van der Waals surface area contributed by atoms with Crippen molar-refractivity contribution in [2.75, 3.05) is 33.3 Å². The van der Waals surface area contributed by atoms with Crippen molar-refractivity contribution < 1.29 is 13.9 Å². The second-order valence-corrected chi connectivity index (χ2v) is 7.22. The molecule has 1 amide bonds. The van der Waals surface area contributed by atoms with Gasteiger partial charge in [-0.1, -0.05) is 0 Å². The van der Waals surface area contributed by atoms with Gasteiger partial charge in [0, 0.05) is 45.6 Å². The standard InChI is InChI=1S/C19H23FN4O2/c1-22-14-19(26-13-18(22)25)5-9-23(10-6-19)12-15-11-16(20)3-4-17(15)24-8-2-7-21-24/h2-4,7-8,11H,5-6,9-10,12-14H2,1H3. The van der Waals surface area contributed by atoms with Crippen LogP contribution in [0.3, 0.4) is 0 Å². The van der Waals surface area contributed by atoms with Crippen molar-refractivity contribution >= 4 is 5.91 Å². The molecule has 2 saturated heterocycles. The van der Waals surface area contributed by atoms with Gasteiger partial charge >= 0.3 is 0 Å². The molecule has 0 N–H and O–H groups in total. The fraction of sp³-hybridized carbons (Fsp3) is 0.474. The molecule has 7 heteroatoms. The number of carbonyl (C=O) groups is 1. The number of ether oxygens (including phenoxy) is 1. The van der Waals surface area contributed by atoms with Crippen LogP contribution in [0.1, 0.15) is 18.4 Å². The first-order valence-electron chi connectivity index (χ1n) is 8.93. The van der Waals surface area contributed by atoms with Crippen molar-refractivity contribution in [2.24, 2.45) is 0 Å². The van der Waals surface area contributed by atoms with Crippen molar-refractivity contribution in [3.63, 3.8) is 0 Å². The highest BCUT2D eigenvalue weighted by molar-refractivity contribution is 5.78. The summed E-state index contributed by atoms with van der Waals surface area (Å²) in [4.78, 5) is 15.7. The van der Waals surface area contributed by atoms with Gasteiger partial charge in [-0.05, 0) is 42.7 Å². The summed E-state index contributed by atoms with van der Waals surface area (Å²) in [5.74, 6) is -0.193. The maximum absolute atomic E-state index is 13.8. The average molecular weight is 358 g/mol. The zero-order valence-electron chi connectivity index (χ0n) is 14.9. The smallest absolute Gasteiger partial charge is 0.248 e. The van der Waals surface area contributed by atoms with Crippen LogP contribution in [0.5, 0.6) is 0 Å². The number of hydrogen-bond donors (Lipinski definition) is 0. The molecule has 0 unspecified atom stereocenters. The summed E-state index contributed by atoms with van der Waals surface area (Å²) in [7, 11) is 1.84. The summed E-state index contributed by atoms with van der Waals surface area (Å²) in [6, 6.07) is 6.68. The predicted molar refractivity (Wildman–Crippen MR) is 94.4 cm³/mol. The van der Waals surface area contributed by atoms with Gasteiger partial charge < -0.3 is 9.64 Å². The Labute approximate surface area is 152 Å². The van der Waals surface area contributed by atoms with Crippen molar-refractivity contribution in [3.8, 4) is 5.69 Å². The Morgan fingerprint density at radius 3 is 2.81 bits per heavy atom. The highest BCUT2D eigenvalue weighted by atomic mass is 19.1. The maximum atomic E-state index is 13.8. The van der Waals surface area contributed by atoms with Gasteiger partial charge in [0.2, 0.25) is 5.91 Å². The van der Waals surface area contributed by atoms with Gasteiger partial charge in [0.05, 0.1) is 11.3 Å². The molecule has 138 valence electrons. The first-order chi connectivity index (χ1) is 12.5. The lowest BCUT2D eigenvalue weighted by molar-refractivity contribution is -0.169. The van der Waals surface area contributed by atoms with E-state index in [1.165, 1.54) is 6.07 Å². The minimum Gasteiger partial charge on any atom is -0.363 e. The molecule has 2 fully saturated rings. The van der Waals surface area contributed by atoms with Crippen LogP contribution >= 0.6 is 0 Å². The number of piperidine rings is 1. The van der Waals surface area contributed by atoms with Gasteiger partial charge in [-0.25, -0.2) is 9.07 Å². The first kappa shape index (κ1) is 17.2. The van der Waals surface area contributed by atoms with Crippen LogP contribution < -0.4 is 0 Å². The largest absolute Gasteiger partial charge is 0.363 e. The highest BCUT2D eigenvalue weighted by Gasteiger charge is 2.41. The number of likely N-dealkylation sites (tertiary alicyclic amines) is 1. The number of morpholine rings is 1. The molecule has 2 aromatic rings. The van der Waals surface area contributed by atoms with Crippen LogP contribution in [0, 0.1) is 5.82 Å². The van der Waals surface area contributed by atoms with Crippen molar-refractivity contribution in [2.45, 2.75) is 25.0 Å². The summed E-state index contributed by atoms with van der Waals surface area (Å²) in [6.45, 7) is 3.20. The second kappa shape index (κ2) is 6.81. The molecule has 0 atom stereocenters. The van der Waals surface area contributed by atoms with Crippen molar-refractivity contribution in [1.29, 1.82) is 0 Å². The minimum absolute atomic E-state index is 0.0432. The molecule has 2 aliphatic heterocycles. The van der Waals surface area contributed by atoms with E-state index in [1.807, 2.05) is 19.3 Å². The number of halogens is 1. The van der Waals surface area contributed by atoms with Crippen LogP contribution in [-0.4, -0.2) is 64.4 Å². The van der Waals surface area contributed by atoms with Crippen LogP contribution in [-0.2, 0) is 16.1 Å². The van der Waals surface area contributed by atoms with E-state index in [0.29, 0.717) is 13.1 Å². The van der Waals surface area contributed by atoms with Crippen molar-refractivity contribution in [3.05, 3.63) is 48.0 Å². The van der Waals surface area contributed by atoms with E-state index in [-0.39, 0.29) is 23.9 Å². The third kappa shape index (κ3) is 3.37. The lowest BCUT2D eigenvalue weighted by Gasteiger charge is -2.46. The molecule has 4 rings (SSSR count). The highest BCUT2D eigenvalue weighted by Crippen LogP contribution is 2.31. The monoisotopic (exact) mass is 358 g/mol. The Bertz CT molecular complexity index is 785. The molecule has 26 heavy (non-hydrogen) atoms. The Morgan fingerprint density at radius 2 is 2.12 bits per heavy atom. The molecule has 1 aromatic heterocycles. The number of carbonyl (C=O) groups excluding carboxylic acids is 1. The quantitative estimate of drug-likeness (QED) is 0.840. The Kier molecular flexibility index (Phi) is 4.50. The number of rotatable bonds is 3. The number of benzene rings is 1. The van der Waals surface area contributed by atoms with Gasteiger partial charge in [-0.2, -0.15) is 5.10 Å². The minimum atomic E-state index is -0.236. The topological polar surface area (TPSA) is 50.6 Å². The van der Waals surface area contributed by atoms with E-state index in [9.17, 15) is 9.18 Å². The number of aromatic nitrogens is 2. The van der Waals surface area contributed by atoms with Crippen LogP contribution in [0.25, 0.3) is 5.69 Å². The van der Waals surface area contributed by atoms with Crippen LogP contribution in [0.2, 0.25) is 0 Å². The van der Waals surface area contributed by atoms with Gasteiger partial charge in [-0.15, -0.1) is 0 Å². The number of likely N-dealkylation sites (N-methyl/N-ethyl adjacent to an activating group) is 1. The molecule has 3 heterocycles. The lowest BCUT2D eigenvalue weighted by Crippen LogP contribution is -2.57. The van der Waals surface area contributed by atoms with Gasteiger partial charge in [-0.3, -0.25) is 9.69 Å². The zero-order chi connectivity index (χ0) is 18.1. The zero-order valence-corrected chi connectivity index (χ0v) is 14.9. The summed E-state index contributed by atoms with van der Waals surface area (Å²) in [5, 5.41) is 4.27. The van der Waals surface area contributed by atoms with Gasteiger partial charge in [0.25, 0.3) is 0 Å². The maximum Gasteiger partial charge on any atom is 0.248 e. The second-order valence-electron chi connectivity index (χ2n) is 7.22. The lowest BCUT2D eigenvalue weighted by atomic mass is 9.89. The molecule has 1 spiro atoms. The molecular formula is C19H23FN4O2. The molecular weight excluding hydrogens is 335 g/mol. The average Bonchev–Trinajstić information content (AvgIpc) is 3.15. The summed E-state index contributed by atoms with van der Waals surface area (Å²) < 4.78 is 21.5. The van der Waals surface area contributed by atoms with Crippen LogP contribution in [0.15, 0.2) is 36.7 Å². The molecule has 2 aliphatic rings. The van der Waals surface area contributed by atoms with E-state index in [0.717, 1.165) is 37.2 Å². The summed E-state index contributed by atoms with van der Waals surface area (Å²) >= 11 is 0. The predicted octanol–water partition coefficient (Wildman–Crippen LogP) is 1.83. The Morgan fingerprint density at radius 1 is 1.31 bits per heavy atom. The van der Waals surface area contributed by atoms with Crippen molar-refractivity contribution in [1.82, 2.24) is 19.6 Å². The Balaban J connectivity index is 1.45. The summed E-state index contributed by atoms with van der Waals surface area (Å²) in [6.07, 6.45) is 5.33. The fourth-order valence-electron chi connectivity index (χ4n) is 3.87. The van der Waals surface area contributed by atoms with Gasteiger partial charge in [0.1, 0.15) is 12.4 Å². The summed E-state index contributed by atoms with van der Waals surface area (Å²) in [5.41, 5.74) is 1.59. The molecule has 0 saturated carbocycles. The van der Waals surface area contributed by atoms with E-state index in [1.54, 1.807) is 27.9 Å². The molecule has 0 bridgehead atoms. The van der Waals surface area contributed by atoms with E-state index < -0.39 is 0 Å². The number of hydrogen-bond acceptors (Lipinski definition) is 4. The third-order valence-electron chi connectivity index (χ3n) is 5.41. The van der Waals surface area contributed by atoms with E-state index >= 15 is 0 Å². The SMILES string of the molecule is CN1CC2(CCN(Cc3cc(F)ccc3-n3cccn3)CC2)OCC1=O. The third-order valence-corrected chi connectivity index (χ3v) is 5.41. The molecule has 6 nitrogen and oxygen atoms in total. The Hall–Kier alpha value is -2.25.